The van der Waals surface area contributed by atoms with Crippen molar-refractivity contribution in [1.29, 1.82) is 0 Å². The van der Waals surface area contributed by atoms with Crippen molar-refractivity contribution in [3.05, 3.63) is 70.8 Å². The van der Waals surface area contributed by atoms with Crippen molar-refractivity contribution < 1.29 is 33.4 Å². The predicted molar refractivity (Wildman–Crippen MR) is 132 cm³/mol. The molecule has 35 heavy (non-hydrogen) atoms. The van der Waals surface area contributed by atoms with Crippen LogP contribution in [0.3, 0.4) is 0 Å². The molecule has 7 nitrogen and oxygen atoms in total. The third-order valence-corrected chi connectivity index (χ3v) is 6.23. The van der Waals surface area contributed by atoms with E-state index in [9.17, 15) is 19.2 Å². The highest BCUT2D eigenvalue weighted by atomic mass is 16.5. The highest BCUT2D eigenvalue weighted by Crippen LogP contribution is 2.30. The maximum Gasteiger partial charge on any atom is 0.338 e. The van der Waals surface area contributed by atoms with Crippen LogP contribution in [-0.2, 0) is 14.2 Å². The largest absolute Gasteiger partial charge is 0.465 e. The molecule has 0 unspecified atom stereocenters. The van der Waals surface area contributed by atoms with Gasteiger partial charge in [0.25, 0.3) is 0 Å². The van der Waals surface area contributed by atoms with Crippen LogP contribution in [0.1, 0.15) is 87.4 Å². The molecule has 0 aromatic heterocycles. The lowest BCUT2D eigenvalue weighted by Crippen LogP contribution is -2.20. The Bertz CT molecular complexity index is 1000. The Balaban J connectivity index is 0.000000283. The Labute approximate surface area is 206 Å². The van der Waals surface area contributed by atoms with Crippen LogP contribution in [0.25, 0.3) is 0 Å². The van der Waals surface area contributed by atoms with Gasteiger partial charge < -0.3 is 14.2 Å². The van der Waals surface area contributed by atoms with Crippen molar-refractivity contribution in [3.63, 3.8) is 0 Å². The summed E-state index contributed by atoms with van der Waals surface area (Å²) in [5, 5.41) is 0. The first-order valence-electron chi connectivity index (χ1n) is 11.8. The molecule has 1 fully saturated rings. The number of rotatable bonds is 7. The molecule has 7 heteroatoms. The fourth-order valence-corrected chi connectivity index (χ4v) is 3.93. The molecule has 0 atom stereocenters. The van der Waals surface area contributed by atoms with Crippen LogP contribution in [0.15, 0.2) is 48.5 Å². The SMILES string of the molecule is CCC1CCC(COC(=O)c2cccc(C(=O)OC)c2)CC1.COC(=O)c1ccc(C(C)=O)cc1. The topological polar surface area (TPSA) is 96.0 Å². The van der Waals surface area contributed by atoms with Gasteiger partial charge in [-0.3, -0.25) is 4.79 Å². The Morgan fingerprint density at radius 2 is 1.20 bits per heavy atom. The zero-order chi connectivity index (χ0) is 25.8. The molecule has 0 amide bonds. The number of hydrogen-bond donors (Lipinski definition) is 0. The van der Waals surface area contributed by atoms with E-state index in [-0.39, 0.29) is 11.8 Å². The van der Waals surface area contributed by atoms with Gasteiger partial charge in [-0.1, -0.05) is 44.4 Å². The first kappa shape index (κ1) is 27.8. The zero-order valence-electron chi connectivity index (χ0n) is 20.9. The molecular weight excluding hydrogens is 448 g/mol. The van der Waals surface area contributed by atoms with E-state index >= 15 is 0 Å². The Morgan fingerprint density at radius 1 is 0.714 bits per heavy atom. The maximum absolute atomic E-state index is 12.1. The number of ether oxygens (including phenoxy) is 3. The van der Waals surface area contributed by atoms with Crippen LogP contribution in [0.5, 0.6) is 0 Å². The second-order valence-corrected chi connectivity index (χ2v) is 8.59. The summed E-state index contributed by atoms with van der Waals surface area (Å²) in [6.07, 6.45) is 5.97. The van der Waals surface area contributed by atoms with Crippen molar-refractivity contribution in [2.24, 2.45) is 11.8 Å². The lowest BCUT2D eigenvalue weighted by Gasteiger charge is -2.27. The van der Waals surface area contributed by atoms with Crippen molar-refractivity contribution in [2.45, 2.75) is 46.0 Å². The van der Waals surface area contributed by atoms with Crippen LogP contribution in [0, 0.1) is 11.8 Å². The summed E-state index contributed by atoms with van der Waals surface area (Å²) in [4.78, 5) is 45.4. The van der Waals surface area contributed by atoms with Gasteiger partial charge in [-0.15, -0.1) is 0 Å². The summed E-state index contributed by atoms with van der Waals surface area (Å²) in [5.41, 5.74) is 1.80. The number of carbonyl (C=O) groups is 4. The molecule has 1 aliphatic carbocycles. The summed E-state index contributed by atoms with van der Waals surface area (Å²) in [5.74, 6) is 0.0710. The van der Waals surface area contributed by atoms with Crippen LogP contribution in [0.4, 0.5) is 0 Å². The first-order valence-corrected chi connectivity index (χ1v) is 11.8. The van der Waals surface area contributed by atoms with Gasteiger partial charge in [0, 0.05) is 5.56 Å². The molecule has 3 rings (SSSR count). The van der Waals surface area contributed by atoms with Gasteiger partial charge >= 0.3 is 17.9 Å². The molecule has 1 saturated carbocycles. The fourth-order valence-electron chi connectivity index (χ4n) is 3.93. The van der Waals surface area contributed by atoms with Crippen molar-refractivity contribution in [2.75, 3.05) is 20.8 Å². The van der Waals surface area contributed by atoms with E-state index in [2.05, 4.69) is 16.4 Å². The third kappa shape index (κ3) is 8.67. The van der Waals surface area contributed by atoms with E-state index in [1.54, 1.807) is 42.5 Å². The van der Waals surface area contributed by atoms with Crippen molar-refractivity contribution in [1.82, 2.24) is 0 Å². The van der Waals surface area contributed by atoms with E-state index in [1.165, 1.54) is 46.5 Å². The van der Waals surface area contributed by atoms with E-state index in [0.29, 0.717) is 34.8 Å². The van der Waals surface area contributed by atoms with Gasteiger partial charge in [0.15, 0.2) is 5.78 Å². The minimum Gasteiger partial charge on any atom is -0.465 e. The van der Waals surface area contributed by atoms with Gasteiger partial charge in [0.1, 0.15) is 0 Å². The fraction of sp³-hybridized carbons (Fsp3) is 0.429. The normalized spacial score (nSPS) is 16.8. The first-order chi connectivity index (χ1) is 16.8. The number of hydrogen-bond acceptors (Lipinski definition) is 7. The average molecular weight is 483 g/mol. The number of Topliss-reactive ketones (excluding diaryl/α,β-unsaturated/α-hetero) is 1. The minimum absolute atomic E-state index is 0.0172. The number of esters is 3. The van der Waals surface area contributed by atoms with E-state index in [4.69, 9.17) is 4.74 Å². The molecule has 188 valence electrons. The second-order valence-electron chi connectivity index (χ2n) is 8.59. The lowest BCUT2D eigenvalue weighted by atomic mass is 9.81. The van der Waals surface area contributed by atoms with Gasteiger partial charge in [0.2, 0.25) is 0 Å². The Morgan fingerprint density at radius 3 is 1.71 bits per heavy atom. The molecule has 0 bridgehead atoms. The third-order valence-electron chi connectivity index (χ3n) is 6.23. The van der Waals surface area contributed by atoms with Gasteiger partial charge in [-0.2, -0.15) is 0 Å². The van der Waals surface area contributed by atoms with Crippen LogP contribution < -0.4 is 0 Å². The smallest absolute Gasteiger partial charge is 0.338 e. The Kier molecular flexibility index (Phi) is 11.1. The molecule has 2 aromatic rings. The highest BCUT2D eigenvalue weighted by molar-refractivity contribution is 5.96. The molecule has 0 saturated heterocycles. The predicted octanol–water partition coefficient (Wildman–Crippen LogP) is 5.52. The monoisotopic (exact) mass is 482 g/mol. The van der Waals surface area contributed by atoms with Crippen LogP contribution >= 0.6 is 0 Å². The van der Waals surface area contributed by atoms with Crippen LogP contribution in [-0.4, -0.2) is 44.5 Å². The number of carbonyl (C=O) groups excluding carboxylic acids is 4. The molecule has 0 heterocycles. The quantitative estimate of drug-likeness (QED) is 0.291. The number of benzene rings is 2. The molecule has 1 aliphatic rings. The second kappa shape index (κ2) is 14.0. The summed E-state index contributed by atoms with van der Waals surface area (Å²) in [6, 6.07) is 12.8. The van der Waals surface area contributed by atoms with E-state index < -0.39 is 11.9 Å². The number of ketones is 1. The minimum atomic E-state index is -0.451. The lowest BCUT2D eigenvalue weighted by molar-refractivity contribution is 0.0394. The highest BCUT2D eigenvalue weighted by Gasteiger charge is 2.21. The summed E-state index contributed by atoms with van der Waals surface area (Å²) < 4.78 is 14.6. The molecule has 0 spiro atoms. The van der Waals surface area contributed by atoms with Crippen LogP contribution in [0.2, 0.25) is 0 Å². The summed E-state index contributed by atoms with van der Waals surface area (Å²) >= 11 is 0. The standard InChI is InChI=1S/C18H24O4.C10H10O3/c1-3-13-7-9-14(10-8-13)12-22-18(20)16-6-4-5-15(11-16)17(19)21-2;1-7(11)8-3-5-9(6-4-8)10(12)13-2/h4-6,11,13-14H,3,7-10,12H2,1-2H3;3-6H,1-2H3. The van der Waals surface area contributed by atoms with Gasteiger partial charge in [0.05, 0.1) is 37.5 Å². The maximum atomic E-state index is 12.1. The average Bonchev–Trinajstić information content (AvgIpc) is 2.91. The molecule has 0 N–H and O–H groups in total. The Hall–Kier alpha value is -3.48. The summed E-state index contributed by atoms with van der Waals surface area (Å²) in [6.45, 7) is 4.18. The van der Waals surface area contributed by atoms with Gasteiger partial charge in [-0.05, 0) is 61.9 Å². The zero-order valence-corrected chi connectivity index (χ0v) is 20.9. The van der Waals surface area contributed by atoms with Crippen molar-refractivity contribution in [3.8, 4) is 0 Å². The molecule has 2 aromatic carbocycles. The number of methoxy groups -OCH3 is 2. The summed E-state index contributed by atoms with van der Waals surface area (Å²) in [7, 11) is 2.64. The van der Waals surface area contributed by atoms with E-state index in [1.807, 2.05) is 0 Å². The van der Waals surface area contributed by atoms with Crippen molar-refractivity contribution >= 4 is 23.7 Å². The molecular formula is C28H34O7. The molecule has 0 aliphatic heterocycles. The van der Waals surface area contributed by atoms with Gasteiger partial charge in [-0.25, -0.2) is 14.4 Å². The molecule has 0 radical (unpaired) electrons. The van der Waals surface area contributed by atoms with E-state index in [0.717, 1.165) is 18.8 Å².